The Labute approximate surface area is 184 Å². The molecule has 1 aromatic heterocycles. The number of hydrogen-bond acceptors (Lipinski definition) is 4. The van der Waals surface area contributed by atoms with Gasteiger partial charge in [-0.3, -0.25) is 4.79 Å². The van der Waals surface area contributed by atoms with E-state index < -0.39 is 0 Å². The fourth-order valence-corrected chi connectivity index (χ4v) is 4.05. The molecule has 1 aliphatic rings. The summed E-state index contributed by atoms with van der Waals surface area (Å²) in [4.78, 5) is 24.0. The summed E-state index contributed by atoms with van der Waals surface area (Å²) in [7, 11) is 0. The molecule has 0 radical (unpaired) electrons. The van der Waals surface area contributed by atoms with Crippen molar-refractivity contribution in [3.05, 3.63) is 78.1 Å². The second-order valence-corrected chi connectivity index (χ2v) is 8.30. The highest BCUT2D eigenvalue weighted by Gasteiger charge is 2.26. The molecule has 1 fully saturated rings. The van der Waals surface area contributed by atoms with Crippen LogP contribution >= 0.6 is 0 Å². The normalized spacial score (nSPS) is 16.2. The molecule has 0 aliphatic carbocycles. The van der Waals surface area contributed by atoms with E-state index in [-0.39, 0.29) is 11.8 Å². The third kappa shape index (κ3) is 5.69. The summed E-state index contributed by atoms with van der Waals surface area (Å²) in [6.07, 6.45) is 7.59. The Morgan fingerprint density at radius 1 is 1.03 bits per heavy atom. The summed E-state index contributed by atoms with van der Waals surface area (Å²) < 4.78 is 0. The van der Waals surface area contributed by atoms with Crippen LogP contribution in [0.5, 0.6) is 0 Å². The summed E-state index contributed by atoms with van der Waals surface area (Å²) in [6, 6.07) is 18.8. The van der Waals surface area contributed by atoms with Crippen molar-refractivity contribution in [2.24, 2.45) is 5.92 Å². The first kappa shape index (κ1) is 21.0. The average Bonchev–Trinajstić information content (AvgIpc) is 2.83. The first-order valence-corrected chi connectivity index (χ1v) is 11.1. The van der Waals surface area contributed by atoms with Crippen LogP contribution in [0.2, 0.25) is 0 Å². The van der Waals surface area contributed by atoms with Gasteiger partial charge in [-0.25, -0.2) is 9.97 Å². The Hall–Kier alpha value is -3.21. The van der Waals surface area contributed by atoms with E-state index in [2.05, 4.69) is 75.6 Å². The average molecular weight is 415 g/mol. The number of hydrogen-bond donors (Lipinski definition) is 1. The van der Waals surface area contributed by atoms with Gasteiger partial charge in [0.1, 0.15) is 0 Å². The van der Waals surface area contributed by atoms with E-state index in [1.165, 1.54) is 11.1 Å². The number of amides is 1. The molecule has 2 aromatic carbocycles. The molecule has 1 saturated heterocycles. The Bertz CT molecular complexity index is 971. The summed E-state index contributed by atoms with van der Waals surface area (Å²) in [5.74, 6) is 0.845. The molecular weight excluding hydrogens is 384 g/mol. The number of aryl methyl sites for hydroxylation is 2. The third-order valence-corrected chi connectivity index (χ3v) is 5.88. The molecule has 1 atom stereocenters. The summed E-state index contributed by atoms with van der Waals surface area (Å²) >= 11 is 0. The van der Waals surface area contributed by atoms with E-state index in [9.17, 15) is 4.79 Å². The monoisotopic (exact) mass is 414 g/mol. The Balaban J connectivity index is 1.28. The molecule has 0 spiro atoms. The van der Waals surface area contributed by atoms with Gasteiger partial charge in [0.2, 0.25) is 11.9 Å². The molecule has 31 heavy (non-hydrogen) atoms. The molecule has 5 heteroatoms. The third-order valence-electron chi connectivity index (χ3n) is 5.88. The van der Waals surface area contributed by atoms with Gasteiger partial charge in [0.15, 0.2) is 0 Å². The van der Waals surface area contributed by atoms with Crippen molar-refractivity contribution in [3.8, 4) is 11.1 Å². The lowest BCUT2D eigenvalue weighted by molar-refractivity contribution is -0.125. The zero-order valence-corrected chi connectivity index (χ0v) is 18.1. The van der Waals surface area contributed by atoms with Crippen LogP contribution in [0.25, 0.3) is 11.1 Å². The zero-order chi connectivity index (χ0) is 21.5. The van der Waals surface area contributed by atoms with Gasteiger partial charge in [0.05, 0.1) is 5.92 Å². The van der Waals surface area contributed by atoms with E-state index in [0.29, 0.717) is 19.0 Å². The van der Waals surface area contributed by atoms with Gasteiger partial charge in [0.25, 0.3) is 0 Å². The molecule has 0 bridgehead atoms. The van der Waals surface area contributed by atoms with Crippen molar-refractivity contribution in [1.29, 1.82) is 0 Å². The molecule has 5 nitrogen and oxygen atoms in total. The maximum absolute atomic E-state index is 12.7. The summed E-state index contributed by atoms with van der Waals surface area (Å²) in [6.45, 7) is 4.36. The Kier molecular flexibility index (Phi) is 6.92. The van der Waals surface area contributed by atoms with E-state index in [4.69, 9.17) is 0 Å². The standard InChI is InChI=1S/C26H30N4O/c1-20-11-13-22(14-12-20)24-17-28-26(29-18-24)30-16-6-10-23(19-30)25(31)27-15-5-9-21-7-3-2-4-8-21/h2-4,7-8,11-14,17-18,23H,5-6,9-10,15-16,19H2,1H3,(H,27,31)/t23-/m1/s1. The lowest BCUT2D eigenvalue weighted by Gasteiger charge is -2.32. The van der Waals surface area contributed by atoms with E-state index in [1.54, 1.807) is 0 Å². The fourth-order valence-electron chi connectivity index (χ4n) is 4.05. The lowest BCUT2D eigenvalue weighted by Crippen LogP contribution is -2.44. The second kappa shape index (κ2) is 10.2. The van der Waals surface area contributed by atoms with Crippen molar-refractivity contribution >= 4 is 11.9 Å². The van der Waals surface area contributed by atoms with Crippen molar-refractivity contribution in [1.82, 2.24) is 15.3 Å². The maximum Gasteiger partial charge on any atom is 0.225 e. The van der Waals surface area contributed by atoms with Crippen LogP contribution in [0.1, 0.15) is 30.4 Å². The highest BCUT2D eigenvalue weighted by atomic mass is 16.1. The SMILES string of the molecule is Cc1ccc(-c2cnc(N3CCC[C@@H](C(=O)NCCCc4ccccc4)C3)nc2)cc1. The first-order chi connectivity index (χ1) is 15.2. The number of anilines is 1. The van der Waals surface area contributed by atoms with Gasteiger partial charge >= 0.3 is 0 Å². The minimum atomic E-state index is -0.00847. The van der Waals surface area contributed by atoms with E-state index in [1.807, 2.05) is 18.5 Å². The molecule has 160 valence electrons. The van der Waals surface area contributed by atoms with Gasteiger partial charge in [-0.05, 0) is 43.7 Å². The van der Waals surface area contributed by atoms with Crippen LogP contribution < -0.4 is 10.2 Å². The smallest absolute Gasteiger partial charge is 0.225 e. The Morgan fingerprint density at radius 3 is 2.52 bits per heavy atom. The number of rotatable bonds is 7. The van der Waals surface area contributed by atoms with Crippen molar-refractivity contribution in [2.45, 2.75) is 32.6 Å². The minimum Gasteiger partial charge on any atom is -0.356 e. The molecule has 1 N–H and O–H groups in total. The van der Waals surface area contributed by atoms with Gasteiger partial charge in [-0.2, -0.15) is 0 Å². The summed E-state index contributed by atoms with van der Waals surface area (Å²) in [5, 5.41) is 3.12. The molecule has 0 saturated carbocycles. The maximum atomic E-state index is 12.7. The molecule has 1 amide bonds. The quantitative estimate of drug-likeness (QED) is 0.582. The number of nitrogens with one attached hydrogen (secondary N) is 1. The fraction of sp³-hybridized carbons (Fsp3) is 0.346. The molecule has 1 aliphatic heterocycles. The number of nitrogens with zero attached hydrogens (tertiary/aromatic N) is 3. The molecule has 0 unspecified atom stereocenters. The van der Waals surface area contributed by atoms with Gasteiger partial charge in [0, 0.05) is 37.6 Å². The van der Waals surface area contributed by atoms with E-state index in [0.717, 1.165) is 43.4 Å². The van der Waals surface area contributed by atoms with Crippen molar-refractivity contribution in [2.75, 3.05) is 24.5 Å². The van der Waals surface area contributed by atoms with Crippen LogP contribution in [0.3, 0.4) is 0 Å². The van der Waals surface area contributed by atoms with Crippen molar-refractivity contribution < 1.29 is 4.79 Å². The molecule has 4 rings (SSSR count). The minimum absolute atomic E-state index is 0.00847. The number of carbonyl (C=O) groups excluding carboxylic acids is 1. The van der Waals surface area contributed by atoms with Crippen LogP contribution in [0, 0.1) is 12.8 Å². The number of piperidine rings is 1. The number of aromatic nitrogens is 2. The highest BCUT2D eigenvalue weighted by Crippen LogP contribution is 2.23. The van der Waals surface area contributed by atoms with Crippen LogP contribution in [-0.4, -0.2) is 35.5 Å². The zero-order valence-electron chi connectivity index (χ0n) is 18.1. The second-order valence-electron chi connectivity index (χ2n) is 8.30. The lowest BCUT2D eigenvalue weighted by atomic mass is 9.97. The van der Waals surface area contributed by atoms with Gasteiger partial charge < -0.3 is 10.2 Å². The number of benzene rings is 2. The largest absolute Gasteiger partial charge is 0.356 e. The highest BCUT2D eigenvalue weighted by molar-refractivity contribution is 5.79. The predicted molar refractivity (Wildman–Crippen MR) is 125 cm³/mol. The summed E-state index contributed by atoms with van der Waals surface area (Å²) in [5.41, 5.74) is 4.67. The predicted octanol–water partition coefficient (Wildman–Crippen LogP) is 4.42. The molecule has 2 heterocycles. The van der Waals surface area contributed by atoms with Crippen LogP contribution in [0.4, 0.5) is 5.95 Å². The van der Waals surface area contributed by atoms with Crippen LogP contribution in [-0.2, 0) is 11.2 Å². The van der Waals surface area contributed by atoms with E-state index >= 15 is 0 Å². The molecule has 3 aromatic rings. The number of carbonyl (C=O) groups is 1. The Morgan fingerprint density at radius 2 is 1.77 bits per heavy atom. The molecular formula is C26H30N4O. The topological polar surface area (TPSA) is 58.1 Å². The first-order valence-electron chi connectivity index (χ1n) is 11.1. The van der Waals surface area contributed by atoms with Crippen molar-refractivity contribution in [3.63, 3.8) is 0 Å². The van der Waals surface area contributed by atoms with Gasteiger partial charge in [-0.1, -0.05) is 60.2 Å². The van der Waals surface area contributed by atoms with Crippen LogP contribution in [0.15, 0.2) is 67.0 Å². The van der Waals surface area contributed by atoms with Gasteiger partial charge in [-0.15, -0.1) is 0 Å².